The lowest BCUT2D eigenvalue weighted by Crippen LogP contribution is -2.34. The van der Waals surface area contributed by atoms with Crippen LogP contribution in [0.3, 0.4) is 0 Å². The van der Waals surface area contributed by atoms with E-state index in [0.29, 0.717) is 30.1 Å². The predicted molar refractivity (Wildman–Crippen MR) is 72.3 cm³/mol. The van der Waals surface area contributed by atoms with Gasteiger partial charge in [-0.15, -0.1) is 0 Å². The zero-order valence-electron chi connectivity index (χ0n) is 12.1. The van der Waals surface area contributed by atoms with Gasteiger partial charge in [-0.05, 0) is 26.3 Å². The molecule has 1 aliphatic rings. The van der Waals surface area contributed by atoms with E-state index < -0.39 is 0 Å². The van der Waals surface area contributed by atoms with Crippen LogP contribution in [0.1, 0.15) is 39.3 Å². The third kappa shape index (κ3) is 2.45. The number of aromatic nitrogens is 2. The lowest BCUT2D eigenvalue weighted by molar-refractivity contribution is 0.0475. The first kappa shape index (κ1) is 13.6. The van der Waals surface area contributed by atoms with Crippen LogP contribution in [-0.2, 0) is 11.8 Å². The number of nitrogens with zero attached hydrogens (tertiary/aromatic N) is 2. The molecule has 0 saturated carbocycles. The summed E-state index contributed by atoms with van der Waals surface area (Å²) >= 11 is 0. The van der Waals surface area contributed by atoms with Gasteiger partial charge in [0.1, 0.15) is 0 Å². The molecular formula is C14H25N3O. The van der Waals surface area contributed by atoms with Gasteiger partial charge in [0.05, 0.1) is 18.4 Å². The third-order valence-corrected chi connectivity index (χ3v) is 4.21. The van der Waals surface area contributed by atoms with Crippen LogP contribution in [0.4, 0.5) is 0 Å². The van der Waals surface area contributed by atoms with Gasteiger partial charge in [-0.25, -0.2) is 0 Å². The first-order chi connectivity index (χ1) is 8.54. The molecule has 0 spiro atoms. The molecule has 2 rings (SSSR count). The van der Waals surface area contributed by atoms with E-state index >= 15 is 0 Å². The second-order valence-corrected chi connectivity index (χ2v) is 5.47. The van der Waals surface area contributed by atoms with Gasteiger partial charge in [-0.1, -0.05) is 13.8 Å². The van der Waals surface area contributed by atoms with Crippen molar-refractivity contribution in [2.24, 2.45) is 18.9 Å². The van der Waals surface area contributed by atoms with Crippen LogP contribution >= 0.6 is 0 Å². The number of nitrogens with one attached hydrogen (secondary N) is 1. The fourth-order valence-corrected chi connectivity index (χ4v) is 3.17. The molecule has 4 heteroatoms. The number of ether oxygens (including phenoxy) is 1. The minimum atomic E-state index is 0.291. The molecule has 1 fully saturated rings. The molecule has 0 aromatic carbocycles. The molecule has 0 bridgehead atoms. The van der Waals surface area contributed by atoms with Crippen molar-refractivity contribution in [2.75, 3.05) is 6.54 Å². The summed E-state index contributed by atoms with van der Waals surface area (Å²) in [7, 11) is 1.97. The third-order valence-electron chi connectivity index (χ3n) is 4.21. The SMILES string of the molecule is CCNC(c1cnn(C)c1)C1C(C)OC(C)C1C. The van der Waals surface area contributed by atoms with Gasteiger partial charge in [0.25, 0.3) is 0 Å². The van der Waals surface area contributed by atoms with E-state index in [4.69, 9.17) is 4.74 Å². The second-order valence-electron chi connectivity index (χ2n) is 5.47. The first-order valence-corrected chi connectivity index (χ1v) is 6.92. The lowest BCUT2D eigenvalue weighted by atomic mass is 9.81. The maximum absolute atomic E-state index is 5.97. The van der Waals surface area contributed by atoms with E-state index in [9.17, 15) is 0 Å². The van der Waals surface area contributed by atoms with Crippen LogP contribution < -0.4 is 5.32 Å². The van der Waals surface area contributed by atoms with Crippen molar-refractivity contribution in [1.29, 1.82) is 0 Å². The van der Waals surface area contributed by atoms with Gasteiger partial charge < -0.3 is 10.1 Å². The van der Waals surface area contributed by atoms with Gasteiger partial charge in [0.2, 0.25) is 0 Å². The van der Waals surface area contributed by atoms with Gasteiger partial charge in [0, 0.05) is 30.8 Å². The minimum Gasteiger partial charge on any atom is -0.375 e. The van der Waals surface area contributed by atoms with Gasteiger partial charge in [-0.2, -0.15) is 5.10 Å². The average molecular weight is 251 g/mol. The van der Waals surface area contributed by atoms with Crippen LogP contribution in [0.15, 0.2) is 12.4 Å². The van der Waals surface area contributed by atoms with Crippen LogP contribution in [-0.4, -0.2) is 28.5 Å². The summed E-state index contributed by atoms with van der Waals surface area (Å²) in [6, 6.07) is 0.332. The highest BCUT2D eigenvalue weighted by Gasteiger charge is 2.42. The number of hydrogen-bond acceptors (Lipinski definition) is 3. The van der Waals surface area contributed by atoms with E-state index in [-0.39, 0.29) is 0 Å². The Labute approximate surface area is 110 Å². The molecule has 1 N–H and O–H groups in total. The monoisotopic (exact) mass is 251 g/mol. The molecule has 1 saturated heterocycles. The lowest BCUT2D eigenvalue weighted by Gasteiger charge is -2.29. The molecule has 0 amide bonds. The normalized spacial score (nSPS) is 33.8. The fourth-order valence-electron chi connectivity index (χ4n) is 3.17. The van der Waals surface area contributed by atoms with Crippen molar-refractivity contribution < 1.29 is 4.74 Å². The quantitative estimate of drug-likeness (QED) is 0.891. The van der Waals surface area contributed by atoms with Crippen LogP contribution in [0.5, 0.6) is 0 Å². The van der Waals surface area contributed by atoms with Crippen molar-refractivity contribution in [2.45, 2.75) is 45.9 Å². The molecule has 2 heterocycles. The number of hydrogen-bond donors (Lipinski definition) is 1. The largest absolute Gasteiger partial charge is 0.375 e. The maximum atomic E-state index is 5.97. The van der Waals surface area contributed by atoms with Crippen molar-refractivity contribution in [3.8, 4) is 0 Å². The second kappa shape index (κ2) is 5.41. The summed E-state index contributed by atoms with van der Waals surface area (Å²) < 4.78 is 7.84. The molecule has 4 nitrogen and oxygen atoms in total. The van der Waals surface area contributed by atoms with E-state index in [1.54, 1.807) is 0 Å². The minimum absolute atomic E-state index is 0.291. The van der Waals surface area contributed by atoms with Gasteiger partial charge >= 0.3 is 0 Å². The Balaban J connectivity index is 2.24. The van der Waals surface area contributed by atoms with Crippen LogP contribution in [0.25, 0.3) is 0 Å². The molecule has 18 heavy (non-hydrogen) atoms. The molecule has 0 radical (unpaired) electrons. The number of aryl methyl sites for hydroxylation is 1. The van der Waals surface area contributed by atoms with E-state index in [1.165, 1.54) is 5.56 Å². The van der Waals surface area contributed by atoms with Crippen molar-refractivity contribution in [1.82, 2.24) is 15.1 Å². The van der Waals surface area contributed by atoms with Gasteiger partial charge in [-0.3, -0.25) is 4.68 Å². The molecule has 102 valence electrons. The Bertz CT molecular complexity index is 390. The molecule has 5 unspecified atom stereocenters. The zero-order chi connectivity index (χ0) is 13.3. The molecule has 5 atom stereocenters. The predicted octanol–water partition coefficient (Wildman–Crippen LogP) is 2.13. The Hall–Kier alpha value is -0.870. The summed E-state index contributed by atoms with van der Waals surface area (Å²) in [6.07, 6.45) is 4.70. The van der Waals surface area contributed by atoms with E-state index in [0.717, 1.165) is 6.54 Å². The standard InChI is InChI=1S/C14H25N3O/c1-6-15-14(12-7-16-17(5)8-12)13-9(2)10(3)18-11(13)4/h7-11,13-15H,6H2,1-5H3. The molecular weight excluding hydrogens is 226 g/mol. The van der Waals surface area contributed by atoms with Gasteiger partial charge in [0.15, 0.2) is 0 Å². The fraction of sp³-hybridized carbons (Fsp3) is 0.786. The van der Waals surface area contributed by atoms with Crippen molar-refractivity contribution in [3.05, 3.63) is 18.0 Å². The smallest absolute Gasteiger partial charge is 0.0600 e. The first-order valence-electron chi connectivity index (χ1n) is 6.92. The van der Waals surface area contributed by atoms with Crippen LogP contribution in [0, 0.1) is 11.8 Å². The Morgan fingerprint density at radius 3 is 2.56 bits per heavy atom. The topological polar surface area (TPSA) is 39.1 Å². The molecule has 1 aliphatic heterocycles. The summed E-state index contributed by atoms with van der Waals surface area (Å²) in [5.74, 6) is 1.06. The maximum Gasteiger partial charge on any atom is 0.0600 e. The zero-order valence-corrected chi connectivity index (χ0v) is 12.1. The Morgan fingerprint density at radius 1 is 1.39 bits per heavy atom. The Morgan fingerprint density at radius 2 is 2.11 bits per heavy atom. The highest BCUT2D eigenvalue weighted by atomic mass is 16.5. The summed E-state index contributed by atoms with van der Waals surface area (Å²) in [6.45, 7) is 9.76. The van der Waals surface area contributed by atoms with Crippen LogP contribution in [0.2, 0.25) is 0 Å². The summed E-state index contributed by atoms with van der Waals surface area (Å²) in [4.78, 5) is 0. The average Bonchev–Trinajstić information content (AvgIpc) is 2.83. The Kier molecular flexibility index (Phi) is 4.07. The number of rotatable bonds is 4. The highest BCUT2D eigenvalue weighted by Crippen LogP contribution is 2.40. The molecule has 1 aromatic heterocycles. The van der Waals surface area contributed by atoms with Crippen molar-refractivity contribution in [3.63, 3.8) is 0 Å². The molecule has 0 aliphatic carbocycles. The summed E-state index contributed by atoms with van der Waals surface area (Å²) in [5, 5.41) is 7.90. The molecule has 1 aromatic rings. The highest BCUT2D eigenvalue weighted by molar-refractivity contribution is 5.14. The van der Waals surface area contributed by atoms with E-state index in [1.807, 2.05) is 17.9 Å². The van der Waals surface area contributed by atoms with E-state index in [2.05, 4.69) is 44.3 Å². The summed E-state index contributed by atoms with van der Waals surface area (Å²) in [5.41, 5.74) is 1.26. The van der Waals surface area contributed by atoms with Crippen molar-refractivity contribution >= 4 is 0 Å².